The van der Waals surface area contributed by atoms with Crippen LogP contribution in [0.15, 0.2) is 36.5 Å². The van der Waals surface area contributed by atoms with Crippen molar-refractivity contribution in [2.75, 3.05) is 19.8 Å². The summed E-state index contributed by atoms with van der Waals surface area (Å²) in [5, 5.41) is 23.9. The highest BCUT2D eigenvalue weighted by atomic mass is 31.2. The van der Waals surface area contributed by atoms with Gasteiger partial charge in [-0.15, -0.1) is 0 Å². The van der Waals surface area contributed by atoms with Crippen LogP contribution >= 0.6 is 7.82 Å². The number of hydrogen-bond donors (Lipinski definition) is 5. The fraction of sp³-hybridized carbons (Fsp3) is 0.816. The first-order chi connectivity index (χ1) is 23.3. The van der Waals surface area contributed by atoms with Crippen molar-refractivity contribution in [3.8, 4) is 0 Å². The molecule has 0 aromatic carbocycles. The molecule has 0 rings (SSSR count). The number of hydrogen-bond acceptors (Lipinski definition) is 7. The van der Waals surface area contributed by atoms with E-state index in [1.807, 2.05) is 0 Å². The lowest BCUT2D eigenvalue weighted by atomic mass is 10.0. The molecule has 10 heteroatoms. The lowest BCUT2D eigenvalue weighted by Gasteiger charge is -2.24. The smallest absolute Gasteiger partial charge is 0.393 e. The van der Waals surface area contributed by atoms with Crippen molar-refractivity contribution in [1.82, 2.24) is 5.32 Å². The van der Waals surface area contributed by atoms with E-state index in [4.69, 9.17) is 14.8 Å². The topological polar surface area (TPSA) is 151 Å². The number of rotatable bonds is 35. The van der Waals surface area contributed by atoms with Crippen molar-refractivity contribution in [3.05, 3.63) is 36.5 Å². The molecule has 48 heavy (non-hydrogen) atoms. The van der Waals surface area contributed by atoms with Crippen LogP contribution in [-0.4, -0.2) is 59.0 Å². The molecule has 4 atom stereocenters. The Hall–Kier alpha value is -1.32. The minimum Gasteiger partial charge on any atom is -0.393 e. The molecular weight excluding hydrogens is 627 g/mol. The van der Waals surface area contributed by atoms with E-state index in [9.17, 15) is 24.5 Å². The first kappa shape index (κ1) is 46.7. The third-order valence-electron chi connectivity index (χ3n) is 8.26. The van der Waals surface area contributed by atoms with Crippen molar-refractivity contribution in [2.24, 2.45) is 5.73 Å². The zero-order valence-corrected chi connectivity index (χ0v) is 31.5. The average Bonchev–Trinajstić information content (AvgIpc) is 3.06. The summed E-state index contributed by atoms with van der Waals surface area (Å²) in [5.74, 6) is -0.462. The molecule has 0 aromatic heterocycles. The predicted octanol–water partition coefficient (Wildman–Crippen LogP) is 8.97. The Morgan fingerprint density at radius 2 is 1.21 bits per heavy atom. The maximum atomic E-state index is 12.7. The highest BCUT2D eigenvalue weighted by Gasteiger charge is 2.27. The molecule has 9 nitrogen and oxygen atoms in total. The molecular formula is C38H73N2O7P. The van der Waals surface area contributed by atoms with E-state index >= 15 is 0 Å². The van der Waals surface area contributed by atoms with Crippen LogP contribution in [0.4, 0.5) is 0 Å². The molecule has 0 heterocycles. The first-order valence-corrected chi connectivity index (χ1v) is 20.7. The Kier molecular flexibility index (Phi) is 33.2. The summed E-state index contributed by atoms with van der Waals surface area (Å²) >= 11 is 0. The van der Waals surface area contributed by atoms with E-state index in [1.165, 1.54) is 83.5 Å². The van der Waals surface area contributed by atoms with Gasteiger partial charge in [-0.3, -0.25) is 13.8 Å². The zero-order valence-electron chi connectivity index (χ0n) is 30.6. The van der Waals surface area contributed by atoms with Crippen molar-refractivity contribution >= 4 is 13.7 Å². The summed E-state index contributed by atoms with van der Waals surface area (Å²) in [7, 11) is -4.40. The van der Waals surface area contributed by atoms with Gasteiger partial charge in [0.2, 0.25) is 5.91 Å². The second kappa shape index (κ2) is 34.1. The normalized spacial score (nSPS) is 15.4. The molecule has 0 aliphatic carbocycles. The molecule has 0 radical (unpaired) electrons. The lowest BCUT2D eigenvalue weighted by molar-refractivity contribution is -0.124. The number of nitrogens with one attached hydrogen (secondary N) is 1. The molecule has 0 bridgehead atoms. The van der Waals surface area contributed by atoms with E-state index in [2.05, 4.69) is 43.5 Å². The van der Waals surface area contributed by atoms with Crippen LogP contribution in [0.1, 0.15) is 162 Å². The van der Waals surface area contributed by atoms with Gasteiger partial charge < -0.3 is 26.2 Å². The molecule has 0 spiro atoms. The van der Waals surface area contributed by atoms with E-state index in [-0.39, 0.29) is 19.6 Å². The van der Waals surface area contributed by atoms with Crippen LogP contribution in [0.5, 0.6) is 0 Å². The van der Waals surface area contributed by atoms with Crippen molar-refractivity contribution in [3.63, 3.8) is 0 Å². The number of allylic oxidation sites excluding steroid dienone is 5. The summed E-state index contributed by atoms with van der Waals surface area (Å²) in [6.07, 6.45) is 35.3. The van der Waals surface area contributed by atoms with Crippen LogP contribution in [0.2, 0.25) is 0 Å². The number of carbonyl (C=O) groups is 1. The van der Waals surface area contributed by atoms with E-state index in [0.717, 1.165) is 44.9 Å². The zero-order chi connectivity index (χ0) is 35.6. The van der Waals surface area contributed by atoms with Gasteiger partial charge in [0.05, 0.1) is 37.9 Å². The number of nitrogens with two attached hydrogens (primary N) is 1. The average molecular weight is 701 g/mol. The summed E-state index contributed by atoms with van der Waals surface area (Å²) in [6.45, 7) is 3.80. The Balaban J connectivity index is 4.36. The third kappa shape index (κ3) is 31.9. The Morgan fingerprint density at radius 3 is 1.71 bits per heavy atom. The number of phosphoric ester groups is 1. The molecule has 4 unspecified atom stereocenters. The van der Waals surface area contributed by atoms with Crippen LogP contribution in [-0.2, 0) is 18.4 Å². The van der Waals surface area contributed by atoms with Crippen molar-refractivity contribution in [1.29, 1.82) is 0 Å². The first-order valence-electron chi connectivity index (χ1n) is 19.2. The quantitative estimate of drug-likeness (QED) is 0.0250. The number of unbranched alkanes of at least 4 members (excludes halogenated alkanes) is 17. The highest BCUT2D eigenvalue weighted by Crippen LogP contribution is 2.43. The minimum atomic E-state index is -4.40. The molecule has 0 aliphatic heterocycles. The Bertz CT molecular complexity index is 868. The predicted molar refractivity (Wildman–Crippen MR) is 200 cm³/mol. The van der Waals surface area contributed by atoms with Gasteiger partial charge in [-0.1, -0.05) is 153 Å². The SMILES string of the molecule is CC/C=C/CC/C=C/CC/C=C/C(O)C(COP(=O)(O)OCCN)NC(=O)CC(O)CCCCCCCCCCCCCCCCCC. The minimum absolute atomic E-state index is 0.0423. The lowest BCUT2D eigenvalue weighted by Crippen LogP contribution is -2.46. The van der Waals surface area contributed by atoms with Gasteiger partial charge in [0.25, 0.3) is 0 Å². The third-order valence-corrected chi connectivity index (χ3v) is 9.25. The second-order valence-electron chi connectivity index (χ2n) is 12.9. The van der Waals surface area contributed by atoms with Gasteiger partial charge in [0.15, 0.2) is 0 Å². The molecule has 282 valence electrons. The number of aliphatic hydroxyl groups excluding tert-OH is 2. The summed E-state index contributed by atoms with van der Waals surface area (Å²) in [4.78, 5) is 22.6. The van der Waals surface area contributed by atoms with Gasteiger partial charge in [-0.2, -0.15) is 0 Å². The summed E-state index contributed by atoms with van der Waals surface area (Å²) in [6, 6.07) is -1.00. The van der Waals surface area contributed by atoms with Gasteiger partial charge >= 0.3 is 7.82 Å². The fourth-order valence-electron chi connectivity index (χ4n) is 5.39. The Morgan fingerprint density at radius 1 is 0.729 bits per heavy atom. The number of phosphoric acid groups is 1. The summed E-state index contributed by atoms with van der Waals surface area (Å²) < 4.78 is 21.9. The molecule has 6 N–H and O–H groups in total. The van der Waals surface area contributed by atoms with Gasteiger partial charge in [0.1, 0.15) is 0 Å². The van der Waals surface area contributed by atoms with E-state index in [1.54, 1.807) is 12.2 Å². The van der Waals surface area contributed by atoms with E-state index in [0.29, 0.717) is 12.8 Å². The number of carbonyl (C=O) groups excluding carboxylic acids is 1. The van der Waals surface area contributed by atoms with Crippen molar-refractivity contribution in [2.45, 2.75) is 180 Å². The number of aliphatic hydroxyl groups is 2. The molecule has 0 saturated carbocycles. The molecule has 0 aliphatic rings. The molecule has 0 saturated heterocycles. The second-order valence-corrected chi connectivity index (χ2v) is 14.4. The maximum absolute atomic E-state index is 12.7. The van der Waals surface area contributed by atoms with Crippen LogP contribution < -0.4 is 11.1 Å². The maximum Gasteiger partial charge on any atom is 0.472 e. The standard InChI is InChI=1S/C38H73N2O7P/c1-3-5-7-9-11-13-15-16-17-18-19-20-21-23-25-27-29-35(41)33-38(43)40-36(34-47-48(44,45)46-32-31-39)37(42)30-28-26-24-22-14-12-10-8-6-4-2/h6,8,14,22,28,30,35-37,41-42H,3-5,7,9-13,15-21,23-27,29,31-34,39H2,1-2H3,(H,40,43)(H,44,45)/b8-6+,22-14+,30-28+. The van der Waals surface area contributed by atoms with Crippen LogP contribution in [0.25, 0.3) is 0 Å². The number of amides is 1. The van der Waals surface area contributed by atoms with Gasteiger partial charge in [-0.25, -0.2) is 4.57 Å². The largest absolute Gasteiger partial charge is 0.472 e. The molecule has 1 amide bonds. The highest BCUT2D eigenvalue weighted by molar-refractivity contribution is 7.47. The van der Waals surface area contributed by atoms with Gasteiger partial charge in [-0.05, 0) is 38.5 Å². The summed E-state index contributed by atoms with van der Waals surface area (Å²) in [5.41, 5.74) is 5.33. The van der Waals surface area contributed by atoms with Gasteiger partial charge in [0, 0.05) is 6.54 Å². The van der Waals surface area contributed by atoms with Crippen LogP contribution in [0, 0.1) is 0 Å². The van der Waals surface area contributed by atoms with Crippen molar-refractivity contribution < 1.29 is 33.5 Å². The fourth-order valence-corrected chi connectivity index (χ4v) is 6.15. The molecule has 0 fully saturated rings. The molecule has 0 aromatic rings. The Labute approximate surface area is 293 Å². The van der Waals surface area contributed by atoms with Crippen LogP contribution in [0.3, 0.4) is 0 Å². The van der Waals surface area contributed by atoms with E-state index < -0.39 is 38.6 Å². The monoisotopic (exact) mass is 701 g/mol.